The molecule has 0 bridgehead atoms. The van der Waals surface area contributed by atoms with Gasteiger partial charge in [0.1, 0.15) is 11.2 Å². The Kier molecular flexibility index (Phi) is 8.98. The van der Waals surface area contributed by atoms with Crippen molar-refractivity contribution in [1.29, 1.82) is 0 Å². The van der Waals surface area contributed by atoms with Gasteiger partial charge in [0.15, 0.2) is 4.90 Å². The molecule has 9 heteroatoms. The van der Waals surface area contributed by atoms with Crippen LogP contribution >= 0.6 is 0 Å². The topological polar surface area (TPSA) is 95.9 Å². The zero-order chi connectivity index (χ0) is 23.1. The highest BCUT2D eigenvalue weighted by molar-refractivity contribution is 7.93. The molecule has 0 amide bonds. The van der Waals surface area contributed by atoms with E-state index in [9.17, 15) is 18.1 Å². The maximum Gasteiger partial charge on any atom is 0.245 e. The summed E-state index contributed by atoms with van der Waals surface area (Å²) < 4.78 is 38.8. The molecular formula is C23H33N3O4S2. The van der Waals surface area contributed by atoms with E-state index in [1.165, 1.54) is 31.1 Å². The Morgan fingerprint density at radius 2 is 1.78 bits per heavy atom. The van der Waals surface area contributed by atoms with Gasteiger partial charge in [-0.25, -0.2) is 13.1 Å². The average Bonchev–Trinajstić information content (AvgIpc) is 2.82. The highest BCUT2D eigenvalue weighted by Gasteiger charge is 2.24. The average molecular weight is 480 g/mol. The highest BCUT2D eigenvalue weighted by Crippen LogP contribution is 2.27. The number of anilines is 1. The van der Waals surface area contributed by atoms with E-state index in [1.54, 1.807) is 6.07 Å². The molecule has 1 aliphatic heterocycles. The lowest BCUT2D eigenvalue weighted by Gasteiger charge is -2.36. The largest absolute Gasteiger partial charge is 0.612 e. The van der Waals surface area contributed by atoms with Gasteiger partial charge in [0, 0.05) is 31.9 Å². The number of nitrogens with one attached hydrogen (secondary N) is 1. The standard InChI is InChI=1S/C23H33N3O4S2/c1-24-32(29,30)23-18-19(11-12-22(23)31(2)28)21(27)10-6-7-13-25-14-16-26(17-15-25)20-8-4-3-5-9-20/h3-5,8-9,11-12,18,21,24,27H,6-7,10,13-17H2,1-2H3. The van der Waals surface area contributed by atoms with Crippen LogP contribution in [0.2, 0.25) is 0 Å². The van der Waals surface area contributed by atoms with Crippen LogP contribution in [-0.2, 0) is 21.2 Å². The van der Waals surface area contributed by atoms with Crippen molar-refractivity contribution < 1.29 is 18.1 Å². The van der Waals surface area contributed by atoms with E-state index >= 15 is 0 Å². The molecule has 32 heavy (non-hydrogen) atoms. The van der Waals surface area contributed by atoms with Crippen LogP contribution in [0, 0.1) is 0 Å². The zero-order valence-electron chi connectivity index (χ0n) is 18.7. The van der Waals surface area contributed by atoms with Gasteiger partial charge >= 0.3 is 0 Å². The smallest absolute Gasteiger partial charge is 0.245 e. The fraction of sp³-hybridized carbons (Fsp3) is 0.478. The summed E-state index contributed by atoms with van der Waals surface area (Å²) in [6.07, 6.45) is 3.06. The second-order valence-electron chi connectivity index (χ2n) is 8.04. The summed E-state index contributed by atoms with van der Waals surface area (Å²) in [5.41, 5.74) is 1.80. The number of piperazine rings is 1. The zero-order valence-corrected chi connectivity index (χ0v) is 20.4. The van der Waals surface area contributed by atoms with Gasteiger partial charge in [0.05, 0.1) is 6.10 Å². The fourth-order valence-electron chi connectivity index (χ4n) is 4.00. The van der Waals surface area contributed by atoms with Crippen molar-refractivity contribution in [2.75, 3.05) is 50.9 Å². The maximum atomic E-state index is 12.3. The van der Waals surface area contributed by atoms with Crippen molar-refractivity contribution in [1.82, 2.24) is 9.62 Å². The molecule has 0 saturated carbocycles. The number of aliphatic hydroxyl groups is 1. The van der Waals surface area contributed by atoms with E-state index in [0.717, 1.165) is 45.6 Å². The van der Waals surface area contributed by atoms with E-state index < -0.39 is 27.3 Å². The molecule has 1 saturated heterocycles. The van der Waals surface area contributed by atoms with Crippen LogP contribution in [0.25, 0.3) is 0 Å². The summed E-state index contributed by atoms with van der Waals surface area (Å²) >= 11 is -1.44. The van der Waals surface area contributed by atoms with Gasteiger partial charge in [-0.05, 0) is 73.9 Å². The molecular weight excluding hydrogens is 446 g/mol. The summed E-state index contributed by atoms with van der Waals surface area (Å²) in [5, 5.41) is 10.6. The molecule has 176 valence electrons. The Balaban J connectivity index is 1.47. The Hall–Kier alpha value is -1.62. The molecule has 2 aromatic carbocycles. The van der Waals surface area contributed by atoms with E-state index in [4.69, 9.17) is 0 Å². The second-order valence-corrected chi connectivity index (χ2v) is 11.2. The first kappa shape index (κ1) is 25.0. The van der Waals surface area contributed by atoms with E-state index in [0.29, 0.717) is 12.0 Å². The lowest BCUT2D eigenvalue weighted by atomic mass is 10.0. The molecule has 2 aromatic rings. The van der Waals surface area contributed by atoms with Crippen molar-refractivity contribution >= 4 is 26.9 Å². The van der Waals surface area contributed by atoms with Crippen molar-refractivity contribution in [3.8, 4) is 0 Å². The summed E-state index contributed by atoms with van der Waals surface area (Å²) in [6.45, 7) is 5.07. The number of hydrogen-bond acceptors (Lipinski definition) is 6. The fourth-order valence-corrected chi connectivity index (χ4v) is 6.12. The molecule has 7 nitrogen and oxygen atoms in total. The number of aliphatic hydroxyl groups excluding tert-OH is 1. The Labute approximate surface area is 194 Å². The Bertz CT molecular complexity index is 962. The molecule has 3 rings (SSSR count). The molecule has 0 aliphatic carbocycles. The number of rotatable bonds is 10. The number of benzene rings is 2. The number of para-hydroxylation sites is 1. The van der Waals surface area contributed by atoms with E-state index in [-0.39, 0.29) is 9.79 Å². The number of sulfonamides is 1. The van der Waals surface area contributed by atoms with Gasteiger partial charge in [-0.3, -0.25) is 4.90 Å². The number of unbranched alkanes of at least 4 members (excludes halogenated alkanes) is 1. The maximum absolute atomic E-state index is 12.3. The van der Waals surface area contributed by atoms with Crippen LogP contribution in [0.5, 0.6) is 0 Å². The number of nitrogens with zero attached hydrogens (tertiary/aromatic N) is 2. The number of hydrogen-bond donors (Lipinski definition) is 2. The monoisotopic (exact) mass is 479 g/mol. The summed E-state index contributed by atoms with van der Waals surface area (Å²) in [6, 6.07) is 15.1. The predicted octanol–water partition coefficient (Wildman–Crippen LogP) is 2.36. The molecule has 1 fully saturated rings. The van der Waals surface area contributed by atoms with E-state index in [2.05, 4.69) is 38.8 Å². The lowest BCUT2D eigenvalue weighted by Crippen LogP contribution is -2.46. The lowest BCUT2D eigenvalue weighted by molar-refractivity contribution is 0.159. The van der Waals surface area contributed by atoms with Gasteiger partial charge in [0.2, 0.25) is 10.0 Å². The molecule has 2 unspecified atom stereocenters. The van der Waals surface area contributed by atoms with Gasteiger partial charge < -0.3 is 14.6 Å². The first-order valence-corrected chi connectivity index (χ1v) is 14.0. The van der Waals surface area contributed by atoms with Gasteiger partial charge in [-0.15, -0.1) is 0 Å². The summed E-state index contributed by atoms with van der Waals surface area (Å²) in [7, 11) is -2.44. The first-order valence-electron chi connectivity index (χ1n) is 10.9. The second kappa shape index (κ2) is 11.5. The molecule has 1 heterocycles. The SMILES string of the molecule is CNS(=O)(=O)c1cc(C(O)CCCCN2CCN(c3ccccc3)CC2)ccc1[S+](C)[O-]. The Morgan fingerprint density at radius 3 is 2.41 bits per heavy atom. The minimum Gasteiger partial charge on any atom is -0.612 e. The predicted molar refractivity (Wildman–Crippen MR) is 129 cm³/mol. The van der Waals surface area contributed by atoms with Crippen LogP contribution in [-0.4, -0.2) is 69.0 Å². The summed E-state index contributed by atoms with van der Waals surface area (Å²) in [4.78, 5) is 5.07. The third-order valence-corrected chi connectivity index (χ3v) is 8.47. The molecule has 0 aromatic heterocycles. The van der Waals surface area contributed by atoms with Gasteiger partial charge in [-0.2, -0.15) is 0 Å². The molecule has 1 aliphatic rings. The van der Waals surface area contributed by atoms with Crippen molar-refractivity contribution in [2.45, 2.75) is 35.2 Å². The minimum atomic E-state index is -3.76. The normalized spacial score (nSPS) is 17.3. The van der Waals surface area contributed by atoms with Crippen molar-refractivity contribution in [2.24, 2.45) is 0 Å². The van der Waals surface area contributed by atoms with Crippen LogP contribution in [0.4, 0.5) is 5.69 Å². The highest BCUT2D eigenvalue weighted by atomic mass is 32.2. The first-order chi connectivity index (χ1) is 15.3. The summed E-state index contributed by atoms with van der Waals surface area (Å²) in [5.74, 6) is 0. The molecule has 2 N–H and O–H groups in total. The Morgan fingerprint density at radius 1 is 1.09 bits per heavy atom. The van der Waals surface area contributed by atoms with Crippen LogP contribution < -0.4 is 9.62 Å². The van der Waals surface area contributed by atoms with Crippen LogP contribution in [0.15, 0.2) is 58.3 Å². The van der Waals surface area contributed by atoms with Gasteiger partial charge in [0.25, 0.3) is 0 Å². The third-order valence-electron chi connectivity index (χ3n) is 5.92. The third kappa shape index (κ3) is 6.46. The van der Waals surface area contributed by atoms with E-state index in [1.807, 2.05) is 6.07 Å². The van der Waals surface area contributed by atoms with Gasteiger partial charge in [-0.1, -0.05) is 24.3 Å². The quantitative estimate of drug-likeness (QED) is 0.401. The van der Waals surface area contributed by atoms with Crippen LogP contribution in [0.1, 0.15) is 30.9 Å². The molecule has 2 atom stereocenters. The molecule has 0 spiro atoms. The van der Waals surface area contributed by atoms with Crippen molar-refractivity contribution in [3.63, 3.8) is 0 Å². The van der Waals surface area contributed by atoms with Crippen molar-refractivity contribution in [3.05, 3.63) is 54.1 Å². The molecule has 0 radical (unpaired) electrons. The van der Waals surface area contributed by atoms with Crippen LogP contribution in [0.3, 0.4) is 0 Å². The minimum absolute atomic E-state index is 0.0336.